The number of hydrogen-bond donors (Lipinski definition) is 2. The Morgan fingerprint density at radius 1 is 1.05 bits per heavy atom. The van der Waals surface area contributed by atoms with Gasteiger partial charge in [0.25, 0.3) is 0 Å². The van der Waals surface area contributed by atoms with Crippen molar-refractivity contribution in [2.75, 3.05) is 17.2 Å². The first-order chi connectivity index (χ1) is 9.79. The quantitative estimate of drug-likeness (QED) is 0.641. The highest BCUT2D eigenvalue weighted by Gasteiger charge is 2.04. The highest BCUT2D eigenvalue weighted by atomic mass is 32.1. The lowest BCUT2D eigenvalue weighted by atomic mass is 10.3. The first-order valence-corrected chi connectivity index (χ1v) is 6.66. The van der Waals surface area contributed by atoms with Crippen LogP contribution in [0.1, 0.15) is 0 Å². The van der Waals surface area contributed by atoms with Gasteiger partial charge >= 0.3 is 0 Å². The van der Waals surface area contributed by atoms with Gasteiger partial charge in [-0.15, -0.1) is 0 Å². The summed E-state index contributed by atoms with van der Waals surface area (Å²) in [6, 6.07) is 17.4. The number of rotatable bonds is 5. The largest absolute Gasteiger partial charge is 0.487 e. The van der Waals surface area contributed by atoms with Gasteiger partial charge in [0, 0.05) is 5.69 Å². The van der Waals surface area contributed by atoms with Gasteiger partial charge in [-0.1, -0.05) is 43.0 Å². The summed E-state index contributed by atoms with van der Waals surface area (Å²) in [6.07, 6.45) is 1.71. The summed E-state index contributed by atoms with van der Waals surface area (Å²) in [5.74, 6) is 0.740. The zero-order valence-electron chi connectivity index (χ0n) is 11.0. The molecule has 0 saturated carbocycles. The molecule has 0 saturated heterocycles. The molecular formula is C16H16N2OS. The minimum Gasteiger partial charge on any atom is -0.487 e. The van der Waals surface area contributed by atoms with E-state index >= 15 is 0 Å². The van der Waals surface area contributed by atoms with Crippen LogP contribution in [0.2, 0.25) is 0 Å². The molecule has 0 bridgehead atoms. The van der Waals surface area contributed by atoms with E-state index in [4.69, 9.17) is 17.0 Å². The molecule has 0 aromatic heterocycles. The van der Waals surface area contributed by atoms with Gasteiger partial charge in [0.2, 0.25) is 0 Å². The van der Waals surface area contributed by atoms with Crippen LogP contribution in [-0.2, 0) is 0 Å². The van der Waals surface area contributed by atoms with E-state index in [1.165, 1.54) is 0 Å². The van der Waals surface area contributed by atoms with Crippen molar-refractivity contribution in [2.45, 2.75) is 0 Å². The maximum Gasteiger partial charge on any atom is 0.175 e. The second kappa shape index (κ2) is 7.31. The van der Waals surface area contributed by atoms with Gasteiger partial charge in [-0.05, 0) is 36.5 Å². The SMILES string of the molecule is C=CCOc1ccccc1NC(=S)Nc1ccccc1. The van der Waals surface area contributed by atoms with E-state index < -0.39 is 0 Å². The van der Waals surface area contributed by atoms with Crippen LogP contribution in [0.4, 0.5) is 11.4 Å². The van der Waals surface area contributed by atoms with Crippen LogP contribution in [0.25, 0.3) is 0 Å². The number of benzene rings is 2. The third kappa shape index (κ3) is 4.10. The van der Waals surface area contributed by atoms with Gasteiger partial charge in [0.15, 0.2) is 5.11 Å². The minimum absolute atomic E-state index is 0.456. The minimum atomic E-state index is 0.456. The van der Waals surface area contributed by atoms with E-state index in [-0.39, 0.29) is 0 Å². The van der Waals surface area contributed by atoms with E-state index in [1.54, 1.807) is 6.08 Å². The van der Waals surface area contributed by atoms with Crippen LogP contribution in [0.3, 0.4) is 0 Å². The van der Waals surface area contributed by atoms with Crippen LogP contribution in [-0.4, -0.2) is 11.7 Å². The topological polar surface area (TPSA) is 33.3 Å². The van der Waals surface area contributed by atoms with E-state index in [9.17, 15) is 0 Å². The maximum atomic E-state index is 5.57. The second-order valence-electron chi connectivity index (χ2n) is 4.04. The highest BCUT2D eigenvalue weighted by Crippen LogP contribution is 2.23. The van der Waals surface area contributed by atoms with Gasteiger partial charge in [-0.3, -0.25) is 0 Å². The van der Waals surface area contributed by atoms with Crippen molar-refractivity contribution >= 4 is 28.7 Å². The van der Waals surface area contributed by atoms with Crippen LogP contribution in [0, 0.1) is 0 Å². The number of ether oxygens (including phenoxy) is 1. The van der Waals surface area contributed by atoms with Crippen LogP contribution in [0.5, 0.6) is 5.75 Å². The van der Waals surface area contributed by atoms with E-state index in [1.807, 2.05) is 54.6 Å². The second-order valence-corrected chi connectivity index (χ2v) is 4.45. The molecule has 0 aliphatic heterocycles. The Morgan fingerprint density at radius 2 is 1.75 bits per heavy atom. The van der Waals surface area contributed by atoms with Crippen LogP contribution < -0.4 is 15.4 Å². The monoisotopic (exact) mass is 284 g/mol. The molecular weight excluding hydrogens is 268 g/mol. The van der Waals surface area contributed by atoms with Crippen molar-refractivity contribution in [1.29, 1.82) is 0 Å². The first kappa shape index (κ1) is 14.1. The van der Waals surface area contributed by atoms with Crippen molar-refractivity contribution in [3.8, 4) is 5.75 Å². The molecule has 20 heavy (non-hydrogen) atoms. The molecule has 2 rings (SSSR count). The molecule has 0 amide bonds. The molecule has 2 aromatic carbocycles. The molecule has 0 radical (unpaired) electrons. The molecule has 0 aliphatic carbocycles. The van der Waals surface area contributed by atoms with Crippen LogP contribution in [0.15, 0.2) is 67.3 Å². The Bertz CT molecular complexity index is 584. The Labute approximate surface area is 124 Å². The lowest BCUT2D eigenvalue weighted by molar-refractivity contribution is 0.365. The highest BCUT2D eigenvalue weighted by molar-refractivity contribution is 7.80. The molecule has 0 aliphatic rings. The molecule has 2 N–H and O–H groups in total. The fraction of sp³-hybridized carbons (Fsp3) is 0.0625. The molecule has 2 aromatic rings. The standard InChI is InChI=1S/C16H16N2OS/c1-2-12-19-15-11-7-6-10-14(15)18-16(20)17-13-8-4-3-5-9-13/h2-11H,1,12H2,(H2,17,18,20). The van der Waals surface area contributed by atoms with Crippen LogP contribution >= 0.6 is 12.2 Å². The number of nitrogens with one attached hydrogen (secondary N) is 2. The normalized spacial score (nSPS) is 9.60. The molecule has 0 heterocycles. The number of hydrogen-bond acceptors (Lipinski definition) is 2. The van der Waals surface area contributed by atoms with E-state index in [0.29, 0.717) is 11.7 Å². The Morgan fingerprint density at radius 3 is 2.50 bits per heavy atom. The van der Waals surface area contributed by atoms with E-state index in [0.717, 1.165) is 17.1 Å². The molecule has 4 heteroatoms. The molecule has 0 atom stereocenters. The van der Waals surface area contributed by atoms with Gasteiger partial charge in [-0.2, -0.15) is 0 Å². The predicted molar refractivity (Wildman–Crippen MR) is 88.4 cm³/mol. The van der Waals surface area contributed by atoms with Crippen molar-refractivity contribution in [1.82, 2.24) is 0 Å². The maximum absolute atomic E-state index is 5.57. The summed E-state index contributed by atoms with van der Waals surface area (Å²) in [7, 11) is 0. The van der Waals surface area contributed by atoms with Gasteiger partial charge in [-0.25, -0.2) is 0 Å². The zero-order chi connectivity index (χ0) is 14.2. The predicted octanol–water partition coefficient (Wildman–Crippen LogP) is 4.06. The van der Waals surface area contributed by atoms with Crippen molar-refractivity contribution in [3.05, 3.63) is 67.3 Å². The van der Waals surface area contributed by atoms with Crippen molar-refractivity contribution < 1.29 is 4.74 Å². The summed E-state index contributed by atoms with van der Waals surface area (Å²) >= 11 is 5.29. The van der Waals surface area contributed by atoms with Gasteiger partial charge < -0.3 is 15.4 Å². The molecule has 0 fully saturated rings. The fourth-order valence-electron chi connectivity index (χ4n) is 1.65. The van der Waals surface area contributed by atoms with Gasteiger partial charge in [0.05, 0.1) is 5.69 Å². The Balaban J connectivity index is 2.02. The number of para-hydroxylation sites is 3. The van der Waals surface area contributed by atoms with Crippen molar-refractivity contribution in [2.24, 2.45) is 0 Å². The summed E-state index contributed by atoms with van der Waals surface area (Å²) in [6.45, 7) is 4.09. The van der Waals surface area contributed by atoms with Gasteiger partial charge in [0.1, 0.15) is 12.4 Å². The molecule has 102 valence electrons. The average molecular weight is 284 g/mol. The fourth-order valence-corrected chi connectivity index (χ4v) is 1.88. The Hall–Kier alpha value is -2.33. The third-order valence-electron chi connectivity index (χ3n) is 2.52. The number of thiocarbonyl (C=S) groups is 1. The zero-order valence-corrected chi connectivity index (χ0v) is 11.8. The lowest BCUT2D eigenvalue weighted by Gasteiger charge is -2.14. The molecule has 0 unspecified atom stereocenters. The lowest BCUT2D eigenvalue weighted by Crippen LogP contribution is -2.19. The Kier molecular flexibility index (Phi) is 5.15. The molecule has 0 spiro atoms. The van der Waals surface area contributed by atoms with E-state index in [2.05, 4.69) is 17.2 Å². The summed E-state index contributed by atoms with van der Waals surface area (Å²) in [5, 5.41) is 6.77. The smallest absolute Gasteiger partial charge is 0.175 e. The third-order valence-corrected chi connectivity index (χ3v) is 2.73. The van der Waals surface area contributed by atoms with Crippen molar-refractivity contribution in [3.63, 3.8) is 0 Å². The molecule has 3 nitrogen and oxygen atoms in total. The summed E-state index contributed by atoms with van der Waals surface area (Å²) in [5.41, 5.74) is 1.76. The average Bonchev–Trinajstić information content (AvgIpc) is 2.47. The first-order valence-electron chi connectivity index (χ1n) is 6.25. The number of anilines is 2. The summed E-state index contributed by atoms with van der Waals surface area (Å²) in [4.78, 5) is 0. The summed E-state index contributed by atoms with van der Waals surface area (Å²) < 4.78 is 5.57.